The van der Waals surface area contributed by atoms with Crippen molar-refractivity contribution in [3.63, 3.8) is 0 Å². The van der Waals surface area contributed by atoms with Crippen LogP contribution in [0.1, 0.15) is 0 Å². The number of hydrogen-bond donors (Lipinski definition) is 0. The molecule has 0 bridgehead atoms. The Morgan fingerprint density at radius 3 is 2.87 bits per heavy atom. The van der Waals surface area contributed by atoms with Gasteiger partial charge in [-0.3, -0.25) is 0 Å². The Bertz CT molecular complexity index is 365. The van der Waals surface area contributed by atoms with Gasteiger partial charge in [0.05, 0.1) is 0 Å². The van der Waals surface area contributed by atoms with Gasteiger partial charge in [-0.25, -0.2) is 14.7 Å². The number of rotatable bonds is 1. The second-order valence-corrected chi connectivity index (χ2v) is 3.69. The molecule has 8 heteroatoms. The molecule has 1 saturated heterocycles. The van der Waals surface area contributed by atoms with E-state index in [1.807, 2.05) is 0 Å². The number of hydrogen-bond acceptors (Lipinski definition) is 4. The van der Waals surface area contributed by atoms with Crippen LogP contribution in [0.3, 0.4) is 0 Å². The van der Waals surface area contributed by atoms with Gasteiger partial charge in [0.15, 0.2) is 11.2 Å². The van der Waals surface area contributed by atoms with Gasteiger partial charge in [-0.2, -0.15) is 13.2 Å². The molecule has 1 aromatic rings. The first-order valence-corrected chi connectivity index (χ1v) is 4.80. The molecule has 1 amide bonds. The maximum atomic E-state index is 12.5. The Labute approximate surface area is 86.3 Å². The average molecular weight is 238 g/mol. The molecule has 1 aliphatic heterocycles. The summed E-state index contributed by atoms with van der Waals surface area (Å²) in [6, 6.07) is -1.93. The maximum absolute atomic E-state index is 12.5. The van der Waals surface area contributed by atoms with Gasteiger partial charge in [0, 0.05) is 11.6 Å². The second-order valence-electron chi connectivity index (χ2n) is 2.82. The van der Waals surface area contributed by atoms with E-state index in [1.165, 1.54) is 11.6 Å². The monoisotopic (exact) mass is 238 g/mol. The molecule has 82 valence electrons. The highest BCUT2D eigenvalue weighted by Crippen LogP contribution is 2.34. The van der Waals surface area contributed by atoms with Crippen LogP contribution in [0.5, 0.6) is 0 Å². The Morgan fingerprint density at radius 1 is 1.60 bits per heavy atom. The quantitative estimate of drug-likeness (QED) is 0.751. The second kappa shape index (κ2) is 3.37. The third kappa shape index (κ3) is 1.76. The van der Waals surface area contributed by atoms with Crippen LogP contribution < -0.4 is 4.90 Å². The number of carbonyl (C=O) groups is 1. The summed E-state index contributed by atoms with van der Waals surface area (Å²) in [5.74, 6) is 0. The van der Waals surface area contributed by atoms with Crippen molar-refractivity contribution in [1.29, 1.82) is 0 Å². The highest BCUT2D eigenvalue weighted by molar-refractivity contribution is 7.13. The van der Waals surface area contributed by atoms with E-state index in [2.05, 4.69) is 9.72 Å². The number of amides is 1. The standard InChI is InChI=1S/C7H5F3N2O2S/c8-7(9,10)4-3-14-6(13)12(4)5-11-1-2-15-5/h1-2,4H,3H2. The fraction of sp³-hybridized carbons (Fsp3) is 0.429. The van der Waals surface area contributed by atoms with Gasteiger partial charge < -0.3 is 4.74 Å². The first kappa shape index (κ1) is 10.2. The number of aromatic nitrogens is 1. The van der Waals surface area contributed by atoms with E-state index in [-0.39, 0.29) is 5.13 Å². The van der Waals surface area contributed by atoms with Crippen LogP contribution in [0.15, 0.2) is 11.6 Å². The van der Waals surface area contributed by atoms with Crippen LogP contribution in [-0.4, -0.2) is 29.9 Å². The zero-order chi connectivity index (χ0) is 11.1. The van der Waals surface area contributed by atoms with Crippen LogP contribution in [-0.2, 0) is 4.74 Å². The number of halogens is 3. The molecule has 2 heterocycles. The van der Waals surface area contributed by atoms with Crippen molar-refractivity contribution in [3.8, 4) is 0 Å². The van der Waals surface area contributed by atoms with E-state index in [9.17, 15) is 18.0 Å². The summed E-state index contributed by atoms with van der Waals surface area (Å²) in [6.45, 7) is -0.679. The SMILES string of the molecule is O=C1OCC(C(F)(F)F)N1c1nccs1. The molecular weight excluding hydrogens is 233 g/mol. The lowest BCUT2D eigenvalue weighted by Crippen LogP contribution is -2.44. The van der Waals surface area contributed by atoms with Crippen molar-refractivity contribution in [2.75, 3.05) is 11.5 Å². The van der Waals surface area contributed by atoms with Crippen LogP contribution in [0, 0.1) is 0 Å². The topological polar surface area (TPSA) is 42.4 Å². The zero-order valence-electron chi connectivity index (χ0n) is 7.19. The minimum Gasteiger partial charge on any atom is -0.447 e. The molecule has 1 aromatic heterocycles. The lowest BCUT2D eigenvalue weighted by atomic mass is 10.3. The summed E-state index contributed by atoms with van der Waals surface area (Å²) >= 11 is 0.958. The average Bonchev–Trinajstić information content (AvgIpc) is 2.69. The molecule has 1 unspecified atom stereocenters. The molecule has 1 atom stereocenters. The molecule has 0 N–H and O–H groups in total. The van der Waals surface area contributed by atoms with Crippen LogP contribution in [0.4, 0.5) is 23.1 Å². The molecular formula is C7H5F3N2O2S. The van der Waals surface area contributed by atoms with E-state index in [1.54, 1.807) is 0 Å². The van der Waals surface area contributed by atoms with E-state index in [4.69, 9.17) is 0 Å². The van der Waals surface area contributed by atoms with E-state index in [0.29, 0.717) is 4.90 Å². The zero-order valence-corrected chi connectivity index (χ0v) is 8.01. The minimum absolute atomic E-state index is 0.000162. The molecule has 2 rings (SSSR count). The lowest BCUT2D eigenvalue weighted by molar-refractivity contribution is -0.147. The van der Waals surface area contributed by atoms with Crippen molar-refractivity contribution >= 4 is 22.6 Å². The first-order valence-electron chi connectivity index (χ1n) is 3.92. The molecule has 15 heavy (non-hydrogen) atoms. The van der Waals surface area contributed by atoms with Gasteiger partial charge >= 0.3 is 12.3 Å². The van der Waals surface area contributed by atoms with Crippen molar-refractivity contribution in [1.82, 2.24) is 4.98 Å². The summed E-state index contributed by atoms with van der Waals surface area (Å²) in [4.78, 5) is 15.3. The van der Waals surface area contributed by atoms with Crippen LogP contribution >= 0.6 is 11.3 Å². The summed E-state index contributed by atoms with van der Waals surface area (Å²) in [5.41, 5.74) is 0. The summed E-state index contributed by atoms with van der Waals surface area (Å²) < 4.78 is 41.8. The minimum atomic E-state index is -4.50. The largest absolute Gasteiger partial charge is 0.447 e. The van der Waals surface area contributed by atoms with E-state index >= 15 is 0 Å². The predicted molar refractivity (Wildman–Crippen MR) is 45.8 cm³/mol. The van der Waals surface area contributed by atoms with Gasteiger partial charge in [-0.15, -0.1) is 11.3 Å². The molecule has 0 aromatic carbocycles. The summed E-state index contributed by atoms with van der Waals surface area (Å²) in [6.07, 6.45) is -4.18. The fourth-order valence-corrected chi connectivity index (χ4v) is 1.89. The Kier molecular flexibility index (Phi) is 2.29. The number of carbonyl (C=O) groups excluding carboxylic acids is 1. The van der Waals surface area contributed by atoms with E-state index in [0.717, 1.165) is 11.3 Å². The van der Waals surface area contributed by atoms with E-state index < -0.39 is 24.9 Å². The van der Waals surface area contributed by atoms with Crippen molar-refractivity contribution < 1.29 is 22.7 Å². The van der Waals surface area contributed by atoms with Crippen molar-refractivity contribution in [2.45, 2.75) is 12.2 Å². The molecule has 0 radical (unpaired) electrons. The molecule has 0 aliphatic carbocycles. The highest BCUT2D eigenvalue weighted by Gasteiger charge is 2.52. The first-order chi connectivity index (χ1) is 7.00. The summed E-state index contributed by atoms with van der Waals surface area (Å²) in [7, 11) is 0. The normalized spacial score (nSPS) is 21.9. The highest BCUT2D eigenvalue weighted by atomic mass is 32.1. The molecule has 0 spiro atoms. The number of alkyl halides is 3. The number of cyclic esters (lactones) is 1. The fourth-order valence-electron chi connectivity index (χ4n) is 1.21. The van der Waals surface area contributed by atoms with Crippen LogP contribution in [0.2, 0.25) is 0 Å². The maximum Gasteiger partial charge on any atom is 0.416 e. The van der Waals surface area contributed by atoms with Gasteiger partial charge in [0.2, 0.25) is 0 Å². The number of nitrogens with zero attached hydrogens (tertiary/aromatic N) is 2. The van der Waals surface area contributed by atoms with Gasteiger partial charge in [0.25, 0.3) is 0 Å². The van der Waals surface area contributed by atoms with Gasteiger partial charge in [-0.1, -0.05) is 0 Å². The lowest BCUT2D eigenvalue weighted by Gasteiger charge is -2.20. The Hall–Kier alpha value is -1.31. The number of ether oxygens (including phenoxy) is 1. The number of anilines is 1. The van der Waals surface area contributed by atoms with Crippen molar-refractivity contribution in [2.24, 2.45) is 0 Å². The Balaban J connectivity index is 2.31. The molecule has 1 aliphatic rings. The molecule has 0 saturated carbocycles. The third-order valence-corrected chi connectivity index (χ3v) is 2.65. The third-order valence-electron chi connectivity index (χ3n) is 1.88. The van der Waals surface area contributed by atoms with Gasteiger partial charge in [-0.05, 0) is 0 Å². The predicted octanol–water partition coefficient (Wildman–Crippen LogP) is 2.03. The molecule has 4 nitrogen and oxygen atoms in total. The van der Waals surface area contributed by atoms with Crippen molar-refractivity contribution in [3.05, 3.63) is 11.6 Å². The Morgan fingerprint density at radius 2 is 2.33 bits per heavy atom. The summed E-state index contributed by atoms with van der Waals surface area (Å²) in [5, 5.41) is 1.49. The van der Waals surface area contributed by atoms with Gasteiger partial charge in [0.1, 0.15) is 6.61 Å². The van der Waals surface area contributed by atoms with Crippen LogP contribution in [0.25, 0.3) is 0 Å². The molecule has 1 fully saturated rings. The smallest absolute Gasteiger partial charge is 0.416 e. The number of thiazole rings is 1.